The zero-order chi connectivity index (χ0) is 12.9. The van der Waals surface area contributed by atoms with Gasteiger partial charge in [-0.3, -0.25) is 0 Å². The molecule has 0 atom stereocenters. The number of aliphatic carboxylic acids is 2. The second kappa shape index (κ2) is 14.6. The molecule has 0 fully saturated rings. The van der Waals surface area contributed by atoms with Crippen molar-refractivity contribution in [3.05, 3.63) is 0 Å². The van der Waals surface area contributed by atoms with Crippen LogP contribution in [0.4, 0.5) is 0 Å². The van der Waals surface area contributed by atoms with Gasteiger partial charge in [0.15, 0.2) is 0 Å². The molecule has 0 saturated heterocycles. The van der Waals surface area contributed by atoms with E-state index < -0.39 is 35.8 Å². The van der Waals surface area contributed by atoms with Crippen LogP contribution < -0.4 is 0 Å². The SMILES string of the molecule is O=C(O)C(=O)OC(=O)C(=O)OC(=O)C(=O)O.[Co].[Co].[Ni].[Ni]. The Balaban J connectivity index is -0.000000187. The second-order valence-electron chi connectivity index (χ2n) is 1.96. The number of hydrogen-bond acceptors (Lipinski definition) is 8. The van der Waals surface area contributed by atoms with Crippen molar-refractivity contribution in [3.63, 3.8) is 0 Å². The molecule has 20 heavy (non-hydrogen) atoms. The molecule has 10 nitrogen and oxygen atoms in total. The topological polar surface area (TPSA) is 161 Å². The number of ether oxygens (including phenoxy) is 2. The summed E-state index contributed by atoms with van der Waals surface area (Å²) in [6.45, 7) is 0. The van der Waals surface area contributed by atoms with Gasteiger partial charge in [0, 0.05) is 66.5 Å². The maximum Gasteiger partial charge on any atom is 0.426 e. The van der Waals surface area contributed by atoms with Gasteiger partial charge in [0.2, 0.25) is 0 Å². The molecular weight excluding hydrogens is 467 g/mol. The summed E-state index contributed by atoms with van der Waals surface area (Å²) in [5, 5.41) is 15.9. The van der Waals surface area contributed by atoms with Gasteiger partial charge < -0.3 is 19.7 Å². The molecule has 0 spiro atoms. The van der Waals surface area contributed by atoms with Crippen LogP contribution in [-0.4, -0.2) is 46.0 Å². The minimum atomic E-state index is -2.16. The molecule has 0 aliphatic heterocycles. The Morgan fingerprint density at radius 2 is 0.750 bits per heavy atom. The Labute approximate surface area is 150 Å². The molecule has 0 aliphatic carbocycles. The molecule has 14 heteroatoms. The van der Waals surface area contributed by atoms with Gasteiger partial charge in [0.05, 0.1) is 0 Å². The number of esters is 4. The first-order chi connectivity index (χ1) is 7.25. The summed E-state index contributed by atoms with van der Waals surface area (Å²) in [6.07, 6.45) is 0. The van der Waals surface area contributed by atoms with Crippen molar-refractivity contribution in [2.75, 3.05) is 0 Å². The predicted octanol–water partition coefficient (Wildman–Crippen LogP) is -2.71. The third-order valence-corrected chi connectivity index (χ3v) is 0.887. The summed E-state index contributed by atoms with van der Waals surface area (Å²) >= 11 is 0. The molecule has 2 N–H and O–H groups in total. The summed E-state index contributed by atoms with van der Waals surface area (Å²) in [5.74, 6) is -12.7. The standard InChI is InChI=1S/C6H2O10.2Co.2Ni/c7-1(8)3(11)15-5(13)6(14)16-4(12)2(9)10;;;;/h(H,7,8)(H,9,10);;;;. The third-order valence-electron chi connectivity index (χ3n) is 0.887. The molecule has 0 aromatic heterocycles. The summed E-state index contributed by atoms with van der Waals surface area (Å²) in [6, 6.07) is 0. The Kier molecular flexibility index (Phi) is 23.1. The summed E-state index contributed by atoms with van der Waals surface area (Å²) in [5.41, 5.74) is 0. The molecule has 0 aromatic carbocycles. The predicted molar refractivity (Wildman–Crippen MR) is 37.5 cm³/mol. The fourth-order valence-corrected chi connectivity index (χ4v) is 0.339. The van der Waals surface area contributed by atoms with Crippen LogP contribution in [0.5, 0.6) is 0 Å². The van der Waals surface area contributed by atoms with Crippen molar-refractivity contribution in [2.45, 2.75) is 0 Å². The number of hydrogen-bond donors (Lipinski definition) is 2. The van der Waals surface area contributed by atoms with Crippen molar-refractivity contribution < 1.29 is 115 Å². The molecule has 0 rings (SSSR count). The first-order valence-corrected chi connectivity index (χ1v) is 3.24. The molecule has 0 aliphatic rings. The van der Waals surface area contributed by atoms with E-state index in [0.717, 1.165) is 0 Å². The van der Waals surface area contributed by atoms with Gasteiger partial charge in [0.1, 0.15) is 0 Å². The Morgan fingerprint density at radius 3 is 0.900 bits per heavy atom. The van der Waals surface area contributed by atoms with E-state index >= 15 is 0 Å². The average molecular weight is 469 g/mol. The molecule has 0 unspecified atom stereocenters. The first kappa shape index (κ1) is 31.6. The smallest absolute Gasteiger partial charge is 0.426 e. The van der Waals surface area contributed by atoms with Crippen LogP contribution in [0.25, 0.3) is 0 Å². The minimum Gasteiger partial charge on any atom is -0.473 e. The third kappa shape index (κ3) is 12.3. The van der Waals surface area contributed by atoms with Crippen LogP contribution in [0.3, 0.4) is 0 Å². The van der Waals surface area contributed by atoms with Crippen LogP contribution in [0, 0.1) is 0 Å². The molecule has 0 aromatic rings. The Hall–Kier alpha value is -0.780. The summed E-state index contributed by atoms with van der Waals surface area (Å²) < 4.78 is 6.71. The molecular formula is C6H2Co2Ni2O10. The van der Waals surface area contributed by atoms with Gasteiger partial charge in [-0.2, -0.15) is 0 Å². The largest absolute Gasteiger partial charge is 0.473 e. The number of carbonyl (C=O) groups excluding carboxylic acids is 4. The Morgan fingerprint density at radius 1 is 0.550 bits per heavy atom. The van der Waals surface area contributed by atoms with Crippen LogP contribution >= 0.6 is 0 Å². The quantitative estimate of drug-likeness (QED) is 0.165. The van der Waals surface area contributed by atoms with Gasteiger partial charge in [-0.15, -0.1) is 0 Å². The first-order valence-electron chi connectivity index (χ1n) is 3.24. The maximum absolute atomic E-state index is 10.5. The van der Waals surface area contributed by atoms with E-state index in [9.17, 15) is 28.8 Å². The average Bonchev–Trinajstić information content (AvgIpc) is 2.16. The van der Waals surface area contributed by atoms with Gasteiger partial charge in [0.25, 0.3) is 0 Å². The van der Waals surface area contributed by atoms with Gasteiger partial charge >= 0.3 is 35.8 Å². The van der Waals surface area contributed by atoms with E-state index in [4.69, 9.17) is 10.2 Å². The minimum absolute atomic E-state index is 0. The van der Waals surface area contributed by atoms with Crippen LogP contribution in [0.15, 0.2) is 0 Å². The van der Waals surface area contributed by atoms with Crippen LogP contribution in [0.2, 0.25) is 0 Å². The van der Waals surface area contributed by atoms with Crippen molar-refractivity contribution in [1.82, 2.24) is 0 Å². The summed E-state index contributed by atoms with van der Waals surface area (Å²) in [7, 11) is 0. The van der Waals surface area contributed by atoms with Crippen LogP contribution in [0.1, 0.15) is 0 Å². The molecule has 0 amide bonds. The molecule has 0 heterocycles. The van der Waals surface area contributed by atoms with E-state index in [1.165, 1.54) is 0 Å². The zero-order valence-electron chi connectivity index (χ0n) is 8.46. The van der Waals surface area contributed by atoms with Gasteiger partial charge in [-0.25, -0.2) is 28.8 Å². The van der Waals surface area contributed by atoms with Crippen molar-refractivity contribution in [1.29, 1.82) is 0 Å². The van der Waals surface area contributed by atoms with Crippen molar-refractivity contribution >= 4 is 35.8 Å². The second-order valence-corrected chi connectivity index (χ2v) is 1.96. The van der Waals surface area contributed by atoms with Crippen LogP contribution in [-0.2, 0) is 105 Å². The molecule has 0 bridgehead atoms. The molecule has 124 valence electrons. The number of rotatable bonds is 0. The fraction of sp³-hybridized carbons (Fsp3) is 0. The monoisotopic (exact) mass is 468 g/mol. The van der Waals surface area contributed by atoms with Crippen molar-refractivity contribution in [3.8, 4) is 0 Å². The normalized spacial score (nSPS) is 7.00. The number of carbonyl (C=O) groups is 6. The summed E-state index contributed by atoms with van der Waals surface area (Å²) in [4.78, 5) is 61.1. The van der Waals surface area contributed by atoms with E-state index in [1.807, 2.05) is 0 Å². The van der Waals surface area contributed by atoms with E-state index in [0.29, 0.717) is 0 Å². The van der Waals surface area contributed by atoms with Crippen molar-refractivity contribution in [2.24, 2.45) is 0 Å². The van der Waals surface area contributed by atoms with E-state index in [-0.39, 0.29) is 66.5 Å². The fourth-order valence-electron chi connectivity index (χ4n) is 0.339. The van der Waals surface area contributed by atoms with E-state index in [1.54, 1.807) is 0 Å². The Bertz CT molecular complexity index is 371. The van der Waals surface area contributed by atoms with Gasteiger partial charge in [-0.1, -0.05) is 0 Å². The zero-order valence-corrected chi connectivity index (χ0v) is 12.5. The van der Waals surface area contributed by atoms with E-state index in [2.05, 4.69) is 9.47 Å². The molecule has 0 saturated carbocycles. The number of carboxylic acid groups (broad SMARTS) is 2. The van der Waals surface area contributed by atoms with Gasteiger partial charge in [-0.05, 0) is 0 Å². The molecule has 2 radical (unpaired) electrons. The number of carboxylic acids is 2. The maximum atomic E-state index is 10.5.